The van der Waals surface area contributed by atoms with Gasteiger partial charge in [0.2, 0.25) is 0 Å². The summed E-state index contributed by atoms with van der Waals surface area (Å²) in [5.74, 6) is 0. The number of morpholine rings is 1. The Labute approximate surface area is 86.6 Å². The summed E-state index contributed by atoms with van der Waals surface area (Å²) in [7, 11) is 0. The topological polar surface area (TPSA) is 33.3 Å². The second kappa shape index (κ2) is 4.60. The summed E-state index contributed by atoms with van der Waals surface area (Å²) in [5, 5.41) is 7.02. The molecule has 2 rings (SSSR count). The van der Waals surface area contributed by atoms with E-state index in [2.05, 4.69) is 17.6 Å². The molecule has 0 radical (unpaired) electrons. The lowest BCUT2D eigenvalue weighted by atomic mass is 10.0. The van der Waals surface area contributed by atoms with Crippen LogP contribution in [0.4, 0.5) is 0 Å². The lowest BCUT2D eigenvalue weighted by Gasteiger charge is -2.25. The molecule has 3 heteroatoms. The molecular formula is C11H22N2O. The van der Waals surface area contributed by atoms with Gasteiger partial charge in [0.05, 0.1) is 13.2 Å². The zero-order valence-electron chi connectivity index (χ0n) is 9.14. The summed E-state index contributed by atoms with van der Waals surface area (Å²) in [4.78, 5) is 0. The number of nitrogens with one attached hydrogen (secondary N) is 2. The predicted octanol–water partition coefficient (Wildman–Crippen LogP) is 0.755. The van der Waals surface area contributed by atoms with Gasteiger partial charge >= 0.3 is 0 Å². The highest BCUT2D eigenvalue weighted by Gasteiger charge is 2.39. The Morgan fingerprint density at radius 2 is 2.36 bits per heavy atom. The normalized spacial score (nSPS) is 30.2. The highest BCUT2D eigenvalue weighted by Crippen LogP contribution is 2.47. The molecule has 0 spiro atoms. The van der Waals surface area contributed by atoms with Crippen molar-refractivity contribution in [2.45, 2.75) is 32.2 Å². The van der Waals surface area contributed by atoms with E-state index in [0.717, 1.165) is 26.3 Å². The molecule has 2 aliphatic rings. The second-order valence-electron chi connectivity index (χ2n) is 4.71. The largest absolute Gasteiger partial charge is 0.378 e. The highest BCUT2D eigenvalue weighted by atomic mass is 16.5. The van der Waals surface area contributed by atoms with Crippen LogP contribution in [0.5, 0.6) is 0 Å². The zero-order valence-corrected chi connectivity index (χ0v) is 9.14. The fraction of sp³-hybridized carbons (Fsp3) is 1.00. The standard InChI is InChI=1S/C11H22N2O/c1-2-11(3-4-11)9-12-7-10-8-14-6-5-13-10/h10,12-13H,2-9H2,1H3. The molecule has 1 saturated carbocycles. The SMILES string of the molecule is CCC1(CNCC2COCCN2)CC1. The molecule has 1 aliphatic heterocycles. The molecule has 3 nitrogen and oxygen atoms in total. The minimum absolute atomic E-state index is 0.524. The Hall–Kier alpha value is -0.120. The number of hydrogen-bond donors (Lipinski definition) is 2. The third kappa shape index (κ3) is 2.69. The number of ether oxygens (including phenoxy) is 1. The van der Waals surface area contributed by atoms with Gasteiger partial charge in [0.25, 0.3) is 0 Å². The van der Waals surface area contributed by atoms with Crippen LogP contribution in [0.25, 0.3) is 0 Å². The smallest absolute Gasteiger partial charge is 0.0632 e. The van der Waals surface area contributed by atoms with E-state index in [9.17, 15) is 0 Å². The number of hydrogen-bond acceptors (Lipinski definition) is 3. The summed E-state index contributed by atoms with van der Waals surface area (Å²) in [6, 6.07) is 0.524. The van der Waals surface area contributed by atoms with Crippen LogP contribution in [-0.4, -0.2) is 38.9 Å². The van der Waals surface area contributed by atoms with Crippen molar-refractivity contribution in [3.63, 3.8) is 0 Å². The summed E-state index contributed by atoms with van der Waals surface area (Å²) < 4.78 is 5.40. The van der Waals surface area contributed by atoms with Crippen LogP contribution in [0.2, 0.25) is 0 Å². The third-order valence-electron chi connectivity index (χ3n) is 3.60. The van der Waals surface area contributed by atoms with Gasteiger partial charge in [0, 0.05) is 25.7 Å². The van der Waals surface area contributed by atoms with Gasteiger partial charge in [-0.25, -0.2) is 0 Å². The lowest BCUT2D eigenvalue weighted by Crippen LogP contribution is -2.47. The first kappa shape index (κ1) is 10.4. The first-order chi connectivity index (χ1) is 6.85. The molecule has 0 aromatic carbocycles. The van der Waals surface area contributed by atoms with E-state index in [-0.39, 0.29) is 0 Å². The summed E-state index contributed by atoms with van der Waals surface area (Å²) in [5.41, 5.74) is 0.662. The maximum absolute atomic E-state index is 5.40. The van der Waals surface area contributed by atoms with Gasteiger partial charge in [-0.1, -0.05) is 6.92 Å². The van der Waals surface area contributed by atoms with E-state index in [4.69, 9.17) is 4.74 Å². The van der Waals surface area contributed by atoms with Gasteiger partial charge in [-0.15, -0.1) is 0 Å². The summed E-state index contributed by atoms with van der Waals surface area (Å²) in [6.45, 7) is 7.30. The fourth-order valence-corrected chi connectivity index (χ4v) is 2.09. The monoisotopic (exact) mass is 198 g/mol. The molecule has 1 aliphatic carbocycles. The van der Waals surface area contributed by atoms with Crippen LogP contribution < -0.4 is 10.6 Å². The van der Waals surface area contributed by atoms with Crippen LogP contribution in [0.1, 0.15) is 26.2 Å². The van der Waals surface area contributed by atoms with Crippen molar-refractivity contribution < 1.29 is 4.74 Å². The average molecular weight is 198 g/mol. The Bertz CT molecular complexity index is 174. The predicted molar refractivity (Wildman–Crippen MR) is 57.4 cm³/mol. The molecular weight excluding hydrogens is 176 g/mol. The van der Waals surface area contributed by atoms with Crippen molar-refractivity contribution in [2.75, 3.05) is 32.8 Å². The van der Waals surface area contributed by atoms with Gasteiger partial charge in [0.1, 0.15) is 0 Å². The maximum atomic E-state index is 5.40. The molecule has 2 N–H and O–H groups in total. The van der Waals surface area contributed by atoms with Crippen molar-refractivity contribution in [1.29, 1.82) is 0 Å². The van der Waals surface area contributed by atoms with Gasteiger partial charge in [-0.05, 0) is 24.7 Å². The molecule has 82 valence electrons. The minimum atomic E-state index is 0.524. The Morgan fingerprint density at radius 1 is 1.50 bits per heavy atom. The molecule has 14 heavy (non-hydrogen) atoms. The lowest BCUT2D eigenvalue weighted by molar-refractivity contribution is 0.0763. The Morgan fingerprint density at radius 3 is 2.93 bits per heavy atom. The molecule has 0 amide bonds. The molecule has 1 saturated heterocycles. The van der Waals surface area contributed by atoms with E-state index in [1.807, 2.05) is 0 Å². The minimum Gasteiger partial charge on any atom is -0.378 e. The number of rotatable bonds is 5. The molecule has 1 heterocycles. The first-order valence-electron chi connectivity index (χ1n) is 5.86. The molecule has 1 atom stereocenters. The van der Waals surface area contributed by atoms with Gasteiger partial charge < -0.3 is 15.4 Å². The van der Waals surface area contributed by atoms with Gasteiger partial charge in [0.15, 0.2) is 0 Å². The molecule has 0 aromatic heterocycles. The van der Waals surface area contributed by atoms with Gasteiger partial charge in [-0.3, -0.25) is 0 Å². The Kier molecular flexibility index (Phi) is 3.42. The van der Waals surface area contributed by atoms with Crippen LogP contribution in [0.3, 0.4) is 0 Å². The van der Waals surface area contributed by atoms with Crippen molar-refractivity contribution >= 4 is 0 Å². The fourth-order valence-electron chi connectivity index (χ4n) is 2.09. The van der Waals surface area contributed by atoms with Crippen LogP contribution >= 0.6 is 0 Å². The van der Waals surface area contributed by atoms with Gasteiger partial charge in [-0.2, -0.15) is 0 Å². The van der Waals surface area contributed by atoms with Crippen LogP contribution in [-0.2, 0) is 4.74 Å². The van der Waals surface area contributed by atoms with Crippen molar-refractivity contribution in [3.8, 4) is 0 Å². The molecule has 0 bridgehead atoms. The van der Waals surface area contributed by atoms with Crippen molar-refractivity contribution in [3.05, 3.63) is 0 Å². The van der Waals surface area contributed by atoms with E-state index < -0.39 is 0 Å². The Balaban J connectivity index is 1.58. The van der Waals surface area contributed by atoms with Crippen LogP contribution in [0, 0.1) is 5.41 Å². The molecule has 1 unspecified atom stereocenters. The second-order valence-corrected chi connectivity index (χ2v) is 4.71. The van der Waals surface area contributed by atoms with Crippen molar-refractivity contribution in [1.82, 2.24) is 10.6 Å². The third-order valence-corrected chi connectivity index (χ3v) is 3.60. The average Bonchev–Trinajstić information content (AvgIpc) is 3.00. The molecule has 2 fully saturated rings. The van der Waals surface area contributed by atoms with E-state index in [0.29, 0.717) is 11.5 Å². The van der Waals surface area contributed by atoms with E-state index in [1.165, 1.54) is 25.8 Å². The van der Waals surface area contributed by atoms with Crippen molar-refractivity contribution in [2.24, 2.45) is 5.41 Å². The first-order valence-corrected chi connectivity index (χ1v) is 5.86. The van der Waals surface area contributed by atoms with E-state index >= 15 is 0 Å². The highest BCUT2D eigenvalue weighted by molar-refractivity contribution is 4.93. The maximum Gasteiger partial charge on any atom is 0.0632 e. The van der Waals surface area contributed by atoms with Crippen LogP contribution in [0.15, 0.2) is 0 Å². The summed E-state index contributed by atoms with van der Waals surface area (Å²) in [6.07, 6.45) is 4.17. The van der Waals surface area contributed by atoms with E-state index in [1.54, 1.807) is 0 Å². The molecule has 0 aromatic rings. The summed E-state index contributed by atoms with van der Waals surface area (Å²) >= 11 is 0. The quantitative estimate of drug-likeness (QED) is 0.684. The zero-order chi connectivity index (χ0) is 9.86.